The summed E-state index contributed by atoms with van der Waals surface area (Å²) in [5.41, 5.74) is 4.16. The number of carbonyl (C=O) groups is 1. The van der Waals surface area contributed by atoms with E-state index in [1.807, 2.05) is 44.7 Å². The van der Waals surface area contributed by atoms with Gasteiger partial charge in [-0.25, -0.2) is 8.78 Å². The predicted octanol–water partition coefficient (Wildman–Crippen LogP) is 8.33. The molecule has 0 saturated heterocycles. The van der Waals surface area contributed by atoms with E-state index in [-0.39, 0.29) is 16.8 Å². The number of benzene rings is 2. The van der Waals surface area contributed by atoms with Crippen LogP contribution in [-0.2, 0) is 11.3 Å². The molecule has 1 unspecified atom stereocenters. The van der Waals surface area contributed by atoms with Gasteiger partial charge in [-0.05, 0) is 49.1 Å². The summed E-state index contributed by atoms with van der Waals surface area (Å²) in [5.74, 6) is -1.37. The van der Waals surface area contributed by atoms with E-state index in [9.17, 15) is 13.6 Å². The Morgan fingerprint density at radius 2 is 1.74 bits per heavy atom. The van der Waals surface area contributed by atoms with Crippen LogP contribution in [0.4, 0.5) is 8.78 Å². The van der Waals surface area contributed by atoms with Crippen LogP contribution in [0.3, 0.4) is 0 Å². The van der Waals surface area contributed by atoms with Crippen molar-refractivity contribution in [1.29, 1.82) is 0 Å². The summed E-state index contributed by atoms with van der Waals surface area (Å²) in [6.45, 7) is 12.6. The van der Waals surface area contributed by atoms with Gasteiger partial charge in [0, 0.05) is 42.0 Å². The second kappa shape index (κ2) is 13.8. The molecule has 0 saturated carbocycles. The van der Waals surface area contributed by atoms with Gasteiger partial charge in [-0.1, -0.05) is 59.6 Å². The minimum atomic E-state index is -0.564. The Kier molecular flexibility index (Phi) is 10.8. The molecule has 204 valence electrons. The van der Waals surface area contributed by atoms with Gasteiger partial charge in [-0.15, -0.1) is 11.8 Å². The average Bonchev–Trinajstić information content (AvgIpc) is 3.30. The molecule has 3 aromatic rings. The number of carbonyl (C=O) groups excluding carboxylic acids is 1. The standard InChI is InChI=1S/C29H33F2N3OS.C2H6/c1-5-7-22(8-6-2)34(17-21-15-20(10-9-18(21)3)25-16-32-13-14-33-25)29(35)27-19(4)26-23(30)11-12-24(31)28(26)36-27;1-2/h9-16,19,22,27H,5-8,17H2,1-4H3;1-2H3/t19?,27-;/m1./s1. The summed E-state index contributed by atoms with van der Waals surface area (Å²) >= 11 is 1.17. The number of aryl methyl sites for hydroxylation is 1. The molecule has 2 heterocycles. The molecule has 0 aliphatic carbocycles. The minimum Gasteiger partial charge on any atom is -0.334 e. The summed E-state index contributed by atoms with van der Waals surface area (Å²) < 4.78 is 29.2. The molecular weight excluding hydrogens is 500 g/mol. The molecule has 1 aliphatic rings. The lowest BCUT2D eigenvalue weighted by Gasteiger charge is -2.35. The van der Waals surface area contributed by atoms with Crippen LogP contribution in [0, 0.1) is 18.6 Å². The van der Waals surface area contributed by atoms with Crippen molar-refractivity contribution < 1.29 is 13.6 Å². The van der Waals surface area contributed by atoms with E-state index in [0.717, 1.165) is 60.2 Å². The monoisotopic (exact) mass is 539 g/mol. The summed E-state index contributed by atoms with van der Waals surface area (Å²) in [6, 6.07) is 8.50. The van der Waals surface area contributed by atoms with Crippen molar-refractivity contribution in [1.82, 2.24) is 14.9 Å². The van der Waals surface area contributed by atoms with Gasteiger partial charge >= 0.3 is 0 Å². The first-order valence-electron chi connectivity index (χ1n) is 13.7. The number of nitrogens with zero attached hydrogens (tertiary/aromatic N) is 3. The molecule has 1 aromatic heterocycles. The van der Waals surface area contributed by atoms with Crippen LogP contribution in [0.25, 0.3) is 11.3 Å². The molecule has 1 amide bonds. The summed E-state index contributed by atoms with van der Waals surface area (Å²) in [7, 11) is 0. The zero-order valence-electron chi connectivity index (χ0n) is 23.3. The molecule has 2 aromatic carbocycles. The van der Waals surface area contributed by atoms with E-state index < -0.39 is 22.8 Å². The Morgan fingerprint density at radius 1 is 1.05 bits per heavy atom. The maximum atomic E-state index is 14.6. The summed E-state index contributed by atoms with van der Waals surface area (Å²) in [4.78, 5) is 25.0. The maximum Gasteiger partial charge on any atom is 0.237 e. The largest absolute Gasteiger partial charge is 0.334 e. The lowest BCUT2D eigenvalue weighted by Crippen LogP contribution is -2.45. The van der Waals surface area contributed by atoms with Gasteiger partial charge in [0.2, 0.25) is 5.91 Å². The third-order valence-electron chi connectivity index (χ3n) is 7.01. The Labute approximate surface area is 230 Å². The Morgan fingerprint density at radius 3 is 2.34 bits per heavy atom. The van der Waals surface area contributed by atoms with Crippen molar-refractivity contribution in [3.8, 4) is 11.3 Å². The molecular formula is C31H39F2N3OS. The van der Waals surface area contributed by atoms with Crippen molar-refractivity contribution in [3.63, 3.8) is 0 Å². The number of rotatable bonds is 9. The zero-order valence-corrected chi connectivity index (χ0v) is 24.1. The fourth-order valence-corrected chi connectivity index (χ4v) is 6.46. The average molecular weight is 540 g/mol. The van der Waals surface area contributed by atoms with Crippen LogP contribution in [0.5, 0.6) is 0 Å². The Balaban J connectivity index is 0.00000195. The molecule has 0 fully saturated rings. The molecule has 0 bridgehead atoms. The Hall–Kier alpha value is -2.80. The van der Waals surface area contributed by atoms with Gasteiger partial charge in [0.05, 0.1) is 22.0 Å². The van der Waals surface area contributed by atoms with E-state index in [1.165, 1.54) is 11.8 Å². The van der Waals surface area contributed by atoms with Crippen LogP contribution in [0.15, 0.2) is 53.8 Å². The van der Waals surface area contributed by atoms with Gasteiger partial charge in [-0.3, -0.25) is 14.8 Å². The van der Waals surface area contributed by atoms with Gasteiger partial charge in [0.25, 0.3) is 0 Å². The second-order valence-electron chi connectivity index (χ2n) is 9.53. The third-order valence-corrected chi connectivity index (χ3v) is 8.52. The van der Waals surface area contributed by atoms with E-state index >= 15 is 0 Å². The lowest BCUT2D eigenvalue weighted by atomic mass is 9.94. The van der Waals surface area contributed by atoms with Crippen molar-refractivity contribution in [2.24, 2.45) is 0 Å². The molecule has 7 heteroatoms. The number of hydrogen-bond acceptors (Lipinski definition) is 4. The highest BCUT2D eigenvalue weighted by molar-refractivity contribution is 8.01. The first-order valence-corrected chi connectivity index (χ1v) is 14.5. The smallest absolute Gasteiger partial charge is 0.237 e. The maximum absolute atomic E-state index is 14.6. The molecule has 1 aliphatic heterocycles. The predicted molar refractivity (Wildman–Crippen MR) is 152 cm³/mol. The van der Waals surface area contributed by atoms with Gasteiger partial charge in [0.15, 0.2) is 0 Å². The number of fused-ring (bicyclic) bond motifs is 1. The van der Waals surface area contributed by atoms with E-state index in [1.54, 1.807) is 18.6 Å². The van der Waals surface area contributed by atoms with Gasteiger partial charge < -0.3 is 4.90 Å². The molecule has 0 N–H and O–H groups in total. The highest BCUT2D eigenvalue weighted by Crippen LogP contribution is 2.48. The summed E-state index contributed by atoms with van der Waals surface area (Å²) in [5, 5.41) is -0.564. The fraction of sp³-hybridized carbons (Fsp3) is 0.452. The topological polar surface area (TPSA) is 46.1 Å². The highest BCUT2D eigenvalue weighted by Gasteiger charge is 2.42. The van der Waals surface area contributed by atoms with Crippen LogP contribution >= 0.6 is 11.8 Å². The number of halogens is 2. The SMILES string of the molecule is CC.CCCC(CCC)N(Cc1cc(-c2cnccn2)ccc1C)C(=O)[C@@H]1Sc2c(F)ccc(F)c2C1C. The Bertz CT molecular complexity index is 1220. The van der Waals surface area contributed by atoms with Gasteiger partial charge in [-0.2, -0.15) is 0 Å². The van der Waals surface area contributed by atoms with Crippen LogP contribution in [0.1, 0.15) is 82.9 Å². The fourth-order valence-electron chi connectivity index (χ4n) is 5.04. The first kappa shape index (κ1) is 29.8. The van der Waals surface area contributed by atoms with Crippen molar-refractivity contribution in [2.45, 2.75) is 95.9 Å². The number of hydrogen-bond donors (Lipinski definition) is 0. The highest BCUT2D eigenvalue weighted by atomic mass is 32.2. The van der Waals surface area contributed by atoms with Crippen molar-refractivity contribution in [2.75, 3.05) is 0 Å². The molecule has 0 radical (unpaired) electrons. The van der Waals surface area contributed by atoms with Crippen LogP contribution < -0.4 is 0 Å². The van der Waals surface area contributed by atoms with Crippen LogP contribution in [0.2, 0.25) is 0 Å². The third kappa shape index (κ3) is 6.42. The molecule has 2 atom stereocenters. The number of thioether (sulfide) groups is 1. The quantitative estimate of drug-likeness (QED) is 0.274. The van der Waals surface area contributed by atoms with E-state index in [4.69, 9.17) is 0 Å². The molecule has 4 nitrogen and oxygen atoms in total. The van der Waals surface area contributed by atoms with E-state index in [2.05, 4.69) is 29.9 Å². The summed E-state index contributed by atoms with van der Waals surface area (Å²) in [6.07, 6.45) is 8.69. The van der Waals surface area contributed by atoms with Gasteiger partial charge in [0.1, 0.15) is 11.6 Å². The minimum absolute atomic E-state index is 0.0540. The van der Waals surface area contributed by atoms with Crippen molar-refractivity contribution >= 4 is 17.7 Å². The van der Waals surface area contributed by atoms with Crippen LogP contribution in [-0.4, -0.2) is 32.1 Å². The molecule has 4 rings (SSSR count). The van der Waals surface area contributed by atoms with Crippen molar-refractivity contribution in [3.05, 3.63) is 77.2 Å². The second-order valence-corrected chi connectivity index (χ2v) is 10.7. The zero-order chi connectivity index (χ0) is 27.8. The number of aromatic nitrogens is 2. The lowest BCUT2D eigenvalue weighted by molar-refractivity contribution is -0.134. The normalized spacial score (nSPS) is 16.1. The first-order chi connectivity index (χ1) is 18.3. The van der Waals surface area contributed by atoms with E-state index in [0.29, 0.717) is 12.1 Å². The molecule has 38 heavy (non-hydrogen) atoms. The number of amides is 1. The molecule has 0 spiro atoms.